The summed E-state index contributed by atoms with van der Waals surface area (Å²) in [5.41, 5.74) is 39.4. The van der Waals surface area contributed by atoms with Gasteiger partial charge in [-0.15, -0.1) is 0 Å². The highest BCUT2D eigenvalue weighted by molar-refractivity contribution is 6.20. The summed E-state index contributed by atoms with van der Waals surface area (Å²) >= 11 is 0. The second kappa shape index (κ2) is 37.1. The number of aliphatic carboxylic acids is 1. The van der Waals surface area contributed by atoms with E-state index in [1.54, 1.807) is 67.6 Å². The number of benzene rings is 2. The van der Waals surface area contributed by atoms with Gasteiger partial charge < -0.3 is 97.6 Å². The van der Waals surface area contributed by atoms with Crippen LogP contribution in [-0.2, 0) is 70.4 Å². The van der Waals surface area contributed by atoms with Crippen molar-refractivity contribution in [2.45, 2.75) is 165 Å². The summed E-state index contributed by atoms with van der Waals surface area (Å²) in [6.45, 7) is 6.49. The number of Topliss-reactive ketones (excluding diaryl/α,β-unsaturated/α-hetero) is 1. The molecule has 33 nitrogen and oxygen atoms in total. The number of aliphatic hydroxyl groups excluding tert-OH is 4. The van der Waals surface area contributed by atoms with Crippen LogP contribution in [0.5, 0.6) is 0 Å². The molecule has 0 saturated heterocycles. The summed E-state index contributed by atoms with van der Waals surface area (Å²) in [6, 6.07) is -0.863. The van der Waals surface area contributed by atoms with E-state index in [0.717, 1.165) is 6.92 Å². The number of amides is 10. The first-order valence-electron chi connectivity index (χ1n) is 29.4. The second-order valence-electron chi connectivity index (χ2n) is 22.8. The van der Waals surface area contributed by atoms with Crippen LogP contribution in [0.15, 0.2) is 60.7 Å². The number of hydrogen-bond acceptors (Lipinski definition) is 22. The third-order valence-electron chi connectivity index (χ3n) is 14.8. The first-order chi connectivity index (χ1) is 42.5. The molecule has 2 aromatic carbocycles. The molecule has 91 heavy (non-hydrogen) atoms. The number of nitrogens with two attached hydrogens (primary N) is 7. The summed E-state index contributed by atoms with van der Waals surface area (Å²) in [6.07, 6.45) is -7.77. The summed E-state index contributed by atoms with van der Waals surface area (Å²) in [4.78, 5) is 170. The second-order valence-corrected chi connectivity index (χ2v) is 22.8. The molecule has 0 fully saturated rings. The van der Waals surface area contributed by atoms with Gasteiger partial charge in [-0.25, -0.2) is 4.79 Å². The SMILES string of the molecule is CCC(C)[C@H](NC(=O)[C@@H](CCCNC(=N)N)NC(=O)[C@@](CC(C)C)(C(=O)C(N)CN)N(C(=O)[C@H](Cc1ccccc1)NC(=O)[C@H](N)Cc1ccccc1)C(=O)[C@@H](N)[C@H](O)C(C)C)C(=O)N[C@H](C(=O)NCC(=O)N(C(=O)[C@@H](N)[C@H](O)C(N)=O)[C@@H](CO)C(=O)O)[C@H](C)O. The van der Waals surface area contributed by atoms with Gasteiger partial charge in [0.15, 0.2) is 29.4 Å². The van der Waals surface area contributed by atoms with E-state index in [4.69, 9.17) is 45.5 Å². The molecule has 0 bridgehead atoms. The van der Waals surface area contributed by atoms with E-state index in [1.165, 1.54) is 34.6 Å². The zero-order valence-corrected chi connectivity index (χ0v) is 52.1. The third kappa shape index (κ3) is 22.2. The molecule has 0 aliphatic heterocycles. The zero-order chi connectivity index (χ0) is 69.4. The lowest BCUT2D eigenvalue weighted by atomic mass is 9.77. The number of nitrogens with zero attached hydrogens (tertiary/aromatic N) is 2. The maximum atomic E-state index is 16.0. The van der Waals surface area contributed by atoms with Gasteiger partial charge in [-0.2, -0.15) is 0 Å². The number of carbonyl (C=O) groups excluding carboxylic acids is 11. The molecule has 14 atom stereocenters. The molecule has 33 heteroatoms. The Morgan fingerprint density at radius 1 is 0.648 bits per heavy atom. The monoisotopic (exact) mass is 1280 g/mol. The number of primary amides is 1. The Morgan fingerprint density at radius 3 is 1.67 bits per heavy atom. The summed E-state index contributed by atoms with van der Waals surface area (Å²) < 4.78 is 0. The van der Waals surface area contributed by atoms with Gasteiger partial charge in [0, 0.05) is 19.5 Å². The predicted octanol–water partition coefficient (Wildman–Crippen LogP) is -7.14. The molecule has 0 heterocycles. The lowest BCUT2D eigenvalue weighted by Gasteiger charge is -2.45. The van der Waals surface area contributed by atoms with Crippen LogP contribution < -0.4 is 72.0 Å². The van der Waals surface area contributed by atoms with Crippen molar-refractivity contribution < 1.29 is 83.1 Å². The Bertz CT molecular complexity index is 2850. The fraction of sp³-hybridized carbons (Fsp3) is 0.569. The van der Waals surface area contributed by atoms with Gasteiger partial charge in [0.05, 0.1) is 37.4 Å². The zero-order valence-electron chi connectivity index (χ0n) is 52.1. The molecule has 0 spiro atoms. The van der Waals surface area contributed by atoms with E-state index in [1.807, 2.05) is 5.32 Å². The van der Waals surface area contributed by atoms with Gasteiger partial charge in [0.2, 0.25) is 47.3 Å². The highest BCUT2D eigenvalue weighted by atomic mass is 16.4. The Balaban J connectivity index is 2.94. The maximum absolute atomic E-state index is 16.0. The van der Waals surface area contributed by atoms with Crippen molar-refractivity contribution in [1.82, 2.24) is 41.7 Å². The van der Waals surface area contributed by atoms with Crippen molar-refractivity contribution in [3.05, 3.63) is 71.8 Å². The highest BCUT2D eigenvalue weighted by Crippen LogP contribution is 2.31. The van der Waals surface area contributed by atoms with Crippen LogP contribution in [0.1, 0.15) is 85.3 Å². The number of ketones is 1. The average molecular weight is 1290 g/mol. The molecule has 0 aromatic heterocycles. The molecule has 2 unspecified atom stereocenters. The fourth-order valence-corrected chi connectivity index (χ4v) is 9.48. The van der Waals surface area contributed by atoms with Gasteiger partial charge in [0.25, 0.3) is 11.8 Å². The summed E-state index contributed by atoms with van der Waals surface area (Å²) in [5, 5.41) is 73.9. The molecule has 0 saturated carbocycles. The molecule has 0 aliphatic rings. The molecule has 0 radical (unpaired) electrons. The van der Waals surface area contributed by atoms with Gasteiger partial charge in [-0.3, -0.25) is 67.9 Å². The topological polar surface area (TPSA) is 591 Å². The number of carboxylic acids is 1. The predicted molar refractivity (Wildman–Crippen MR) is 328 cm³/mol. The fourth-order valence-electron chi connectivity index (χ4n) is 9.48. The minimum Gasteiger partial charge on any atom is -0.480 e. The Hall–Kier alpha value is -8.41. The lowest BCUT2D eigenvalue weighted by molar-refractivity contribution is -0.169. The summed E-state index contributed by atoms with van der Waals surface area (Å²) in [5.74, 6) is -20.4. The number of aliphatic hydroxyl groups is 4. The van der Waals surface area contributed by atoms with Crippen LogP contribution in [0.4, 0.5) is 0 Å². The van der Waals surface area contributed by atoms with E-state index in [0.29, 0.717) is 11.1 Å². The maximum Gasteiger partial charge on any atom is 0.329 e. The van der Waals surface area contributed by atoms with Crippen molar-refractivity contribution >= 4 is 76.8 Å². The lowest BCUT2D eigenvalue weighted by Crippen LogP contribution is -2.75. The van der Waals surface area contributed by atoms with Crippen LogP contribution in [0, 0.1) is 23.2 Å². The number of guanidine groups is 1. The quantitative estimate of drug-likeness (QED) is 0.0129. The molecule has 2 rings (SSSR count). The number of carbonyl (C=O) groups is 12. The van der Waals surface area contributed by atoms with Crippen LogP contribution in [-0.4, -0.2) is 217 Å². The van der Waals surface area contributed by atoms with Crippen molar-refractivity contribution in [1.29, 1.82) is 5.41 Å². The third-order valence-corrected chi connectivity index (χ3v) is 14.8. The average Bonchev–Trinajstić information content (AvgIpc) is 0.783. The molecule has 26 N–H and O–H groups in total. The van der Waals surface area contributed by atoms with Crippen LogP contribution in [0.3, 0.4) is 0 Å². The van der Waals surface area contributed by atoms with E-state index in [9.17, 15) is 59.1 Å². The van der Waals surface area contributed by atoms with E-state index in [-0.39, 0.29) is 35.6 Å². The molecule has 10 amide bonds. The molecule has 506 valence electrons. The minimum atomic E-state index is -3.17. The van der Waals surface area contributed by atoms with E-state index < -0.39 is 212 Å². The Kier molecular flexibility index (Phi) is 32.0. The molecular formula is C58H92N16O17. The van der Waals surface area contributed by atoms with Crippen LogP contribution in [0.2, 0.25) is 0 Å². The number of hydrogen-bond donors (Lipinski definition) is 19. The smallest absolute Gasteiger partial charge is 0.329 e. The van der Waals surface area contributed by atoms with E-state index in [2.05, 4.69) is 26.6 Å². The standard InChI is InChI=1S/C58H92N16O17/c1-8-30(6)42(51(85)72-43(31(7)76)50(84)68-26-39(77)73(38(27-75)55(89)90)53(87)41(63)45(79)47(64)81)71-49(83)36(20-15-21-67-57(65)66)70-56(91)58(24-28(2)3,46(80)35(61)25-59)74(54(88)40(62)44(78)29(4)5)52(86)37(23-33-18-13-10-14-19-33)69-48(82)34(60)22-32-16-11-9-12-17-32/h9-14,16-19,28-31,34-38,40-45,75-76,78-79H,8,15,20-27,59-63H2,1-7H3,(H2,64,81)(H,68,84)(H,69,82)(H,70,91)(H,71,83)(H,72,85)(H,89,90)(H4,65,66,67)/t30?,31-,34+,35?,36+,37-,38-,40-,41-,42-,43-,44+,45-,58+/m0/s1. The normalized spacial score (nSPS) is 16.3. The minimum absolute atomic E-state index is 0.0414. The van der Waals surface area contributed by atoms with Crippen molar-refractivity contribution in [2.75, 3.05) is 26.2 Å². The number of rotatable bonds is 38. The van der Waals surface area contributed by atoms with Crippen molar-refractivity contribution in [3.63, 3.8) is 0 Å². The van der Waals surface area contributed by atoms with Gasteiger partial charge in [-0.05, 0) is 61.5 Å². The number of nitrogens with one attached hydrogen (secondary N) is 7. The van der Waals surface area contributed by atoms with Crippen molar-refractivity contribution in [2.24, 2.45) is 57.9 Å². The Morgan fingerprint density at radius 2 is 1.20 bits per heavy atom. The van der Waals surface area contributed by atoms with Gasteiger partial charge >= 0.3 is 5.97 Å². The van der Waals surface area contributed by atoms with Crippen LogP contribution in [0.25, 0.3) is 0 Å². The van der Waals surface area contributed by atoms with Gasteiger partial charge in [-0.1, -0.05) is 109 Å². The molecule has 2 aromatic rings. The highest BCUT2D eigenvalue weighted by Gasteiger charge is 2.59. The van der Waals surface area contributed by atoms with Crippen molar-refractivity contribution in [3.8, 4) is 0 Å². The first-order valence-corrected chi connectivity index (χ1v) is 29.4. The number of imide groups is 2. The van der Waals surface area contributed by atoms with Gasteiger partial charge in [0.1, 0.15) is 36.3 Å². The first kappa shape index (κ1) is 78.7. The van der Waals surface area contributed by atoms with E-state index >= 15 is 24.0 Å². The number of carboxylic acid groups (broad SMARTS) is 1. The van der Waals surface area contributed by atoms with Crippen LogP contribution >= 0.6 is 0 Å². The Labute approximate surface area is 526 Å². The largest absolute Gasteiger partial charge is 0.480 e. The summed E-state index contributed by atoms with van der Waals surface area (Å²) in [7, 11) is 0. The molecule has 0 aliphatic carbocycles. The molecular weight excluding hydrogens is 1190 g/mol.